The summed E-state index contributed by atoms with van der Waals surface area (Å²) in [7, 11) is 0. The van der Waals surface area contributed by atoms with E-state index in [1.165, 1.54) is 6.20 Å². The Kier molecular flexibility index (Phi) is 6.61. The quantitative estimate of drug-likeness (QED) is 0.553. The van der Waals surface area contributed by atoms with Gasteiger partial charge in [-0.1, -0.05) is 28.1 Å². The molecule has 1 heterocycles. The number of anilines is 1. The number of pyridine rings is 1. The second-order valence-electron chi connectivity index (χ2n) is 6.29. The molecule has 29 heavy (non-hydrogen) atoms. The Labute approximate surface area is 177 Å². The van der Waals surface area contributed by atoms with Crippen molar-refractivity contribution >= 4 is 33.4 Å². The molecule has 0 aliphatic heterocycles. The number of amides is 2. The van der Waals surface area contributed by atoms with Crippen LogP contribution >= 0.6 is 15.9 Å². The molecule has 0 fully saturated rings. The van der Waals surface area contributed by atoms with Crippen molar-refractivity contribution in [3.63, 3.8) is 0 Å². The number of benzene rings is 2. The van der Waals surface area contributed by atoms with E-state index in [1.54, 1.807) is 30.3 Å². The van der Waals surface area contributed by atoms with Gasteiger partial charge in [-0.05, 0) is 55.8 Å². The van der Waals surface area contributed by atoms with E-state index in [0.717, 1.165) is 10.0 Å². The van der Waals surface area contributed by atoms with Gasteiger partial charge in [-0.2, -0.15) is 0 Å². The average Bonchev–Trinajstić information content (AvgIpc) is 2.70. The summed E-state index contributed by atoms with van der Waals surface area (Å²) in [5.41, 5.74) is 2.31. The van der Waals surface area contributed by atoms with Gasteiger partial charge >= 0.3 is 0 Å². The van der Waals surface area contributed by atoms with E-state index in [9.17, 15) is 9.59 Å². The number of aryl methyl sites for hydroxylation is 1. The predicted molar refractivity (Wildman–Crippen MR) is 116 cm³/mol. The molecule has 0 aliphatic carbocycles. The first-order valence-corrected chi connectivity index (χ1v) is 9.85. The third-order valence-electron chi connectivity index (χ3n) is 4.10. The van der Waals surface area contributed by atoms with E-state index >= 15 is 0 Å². The van der Waals surface area contributed by atoms with Crippen molar-refractivity contribution in [1.29, 1.82) is 0 Å². The first kappa shape index (κ1) is 20.5. The Morgan fingerprint density at radius 1 is 1.03 bits per heavy atom. The molecule has 2 amide bonds. The fourth-order valence-corrected chi connectivity index (χ4v) is 2.96. The molecule has 0 radical (unpaired) electrons. The Morgan fingerprint density at radius 3 is 2.52 bits per heavy atom. The third-order valence-corrected chi connectivity index (χ3v) is 4.60. The Bertz CT molecular complexity index is 1040. The van der Waals surface area contributed by atoms with E-state index in [4.69, 9.17) is 4.74 Å². The summed E-state index contributed by atoms with van der Waals surface area (Å²) < 4.78 is 6.58. The SMILES string of the molecule is CCNC(=O)c1ccc(C)c(NC(=O)c2ccc(Oc3cccc(Br)c3)nc2)c1. The number of halogens is 1. The van der Waals surface area contributed by atoms with Crippen LogP contribution < -0.4 is 15.4 Å². The maximum absolute atomic E-state index is 12.6. The molecule has 3 aromatic rings. The molecule has 2 aromatic carbocycles. The molecule has 6 nitrogen and oxygen atoms in total. The molecule has 0 bridgehead atoms. The highest BCUT2D eigenvalue weighted by Crippen LogP contribution is 2.23. The van der Waals surface area contributed by atoms with Gasteiger partial charge in [0.15, 0.2) is 0 Å². The van der Waals surface area contributed by atoms with Crippen LogP contribution in [0.5, 0.6) is 11.6 Å². The van der Waals surface area contributed by atoms with Crippen molar-refractivity contribution in [3.8, 4) is 11.6 Å². The second kappa shape index (κ2) is 9.34. The molecular formula is C22H20BrN3O3. The highest BCUT2D eigenvalue weighted by molar-refractivity contribution is 9.10. The van der Waals surface area contributed by atoms with Crippen molar-refractivity contribution < 1.29 is 14.3 Å². The lowest BCUT2D eigenvalue weighted by Crippen LogP contribution is -2.23. The summed E-state index contributed by atoms with van der Waals surface area (Å²) in [5.74, 6) is 0.525. The van der Waals surface area contributed by atoms with Crippen LogP contribution in [-0.4, -0.2) is 23.3 Å². The molecule has 0 spiro atoms. The van der Waals surface area contributed by atoms with Gasteiger partial charge < -0.3 is 15.4 Å². The summed E-state index contributed by atoms with van der Waals surface area (Å²) in [6.07, 6.45) is 1.45. The highest BCUT2D eigenvalue weighted by Gasteiger charge is 2.12. The minimum Gasteiger partial charge on any atom is -0.439 e. The summed E-state index contributed by atoms with van der Waals surface area (Å²) in [5, 5.41) is 5.58. The first-order valence-electron chi connectivity index (χ1n) is 9.06. The third kappa shape index (κ3) is 5.42. The lowest BCUT2D eigenvalue weighted by molar-refractivity contribution is 0.0954. The van der Waals surface area contributed by atoms with Crippen LogP contribution in [0.1, 0.15) is 33.2 Å². The number of rotatable bonds is 6. The number of hydrogen-bond donors (Lipinski definition) is 2. The predicted octanol–water partition coefficient (Wildman–Crippen LogP) is 4.95. The molecule has 0 saturated heterocycles. The van der Waals surface area contributed by atoms with Gasteiger partial charge in [-0.15, -0.1) is 0 Å². The molecular weight excluding hydrogens is 434 g/mol. The van der Waals surface area contributed by atoms with Gasteiger partial charge in [0.2, 0.25) is 5.88 Å². The number of hydrogen-bond acceptors (Lipinski definition) is 4. The number of ether oxygens (including phenoxy) is 1. The van der Waals surface area contributed by atoms with Crippen LogP contribution in [-0.2, 0) is 0 Å². The molecule has 3 rings (SSSR count). The summed E-state index contributed by atoms with van der Waals surface area (Å²) >= 11 is 3.39. The number of carbonyl (C=O) groups is 2. The Balaban J connectivity index is 1.71. The lowest BCUT2D eigenvalue weighted by Gasteiger charge is -2.11. The van der Waals surface area contributed by atoms with Crippen molar-refractivity contribution in [2.24, 2.45) is 0 Å². The highest BCUT2D eigenvalue weighted by atomic mass is 79.9. The summed E-state index contributed by atoms with van der Waals surface area (Å²) in [4.78, 5) is 28.8. The minimum absolute atomic E-state index is 0.182. The molecule has 7 heteroatoms. The van der Waals surface area contributed by atoms with Gasteiger partial charge in [0, 0.05) is 34.5 Å². The van der Waals surface area contributed by atoms with Crippen molar-refractivity contribution in [1.82, 2.24) is 10.3 Å². The van der Waals surface area contributed by atoms with E-state index < -0.39 is 0 Å². The molecule has 0 unspecified atom stereocenters. The van der Waals surface area contributed by atoms with E-state index in [0.29, 0.717) is 35.0 Å². The van der Waals surface area contributed by atoms with Crippen LogP contribution in [0.4, 0.5) is 5.69 Å². The number of nitrogens with zero attached hydrogens (tertiary/aromatic N) is 1. The van der Waals surface area contributed by atoms with Gasteiger partial charge in [0.05, 0.1) is 5.56 Å². The van der Waals surface area contributed by atoms with Crippen molar-refractivity contribution in [2.45, 2.75) is 13.8 Å². The molecule has 0 saturated carbocycles. The maximum atomic E-state index is 12.6. The minimum atomic E-state index is -0.317. The topological polar surface area (TPSA) is 80.3 Å². The van der Waals surface area contributed by atoms with Gasteiger partial charge in [-0.25, -0.2) is 4.98 Å². The van der Waals surface area contributed by atoms with Gasteiger partial charge in [-0.3, -0.25) is 9.59 Å². The fourth-order valence-electron chi connectivity index (χ4n) is 2.58. The van der Waals surface area contributed by atoms with Crippen LogP contribution in [0.15, 0.2) is 65.3 Å². The first-order chi connectivity index (χ1) is 14.0. The largest absolute Gasteiger partial charge is 0.439 e. The zero-order valence-electron chi connectivity index (χ0n) is 16.0. The maximum Gasteiger partial charge on any atom is 0.257 e. The van der Waals surface area contributed by atoms with Crippen LogP contribution in [0, 0.1) is 6.92 Å². The second-order valence-corrected chi connectivity index (χ2v) is 7.20. The zero-order chi connectivity index (χ0) is 20.8. The van der Waals surface area contributed by atoms with Crippen LogP contribution in [0.3, 0.4) is 0 Å². The summed E-state index contributed by atoms with van der Waals surface area (Å²) in [6.45, 7) is 4.25. The number of aromatic nitrogens is 1. The van der Waals surface area contributed by atoms with E-state index in [1.807, 2.05) is 38.1 Å². The van der Waals surface area contributed by atoms with Crippen LogP contribution in [0.2, 0.25) is 0 Å². The fraction of sp³-hybridized carbons (Fsp3) is 0.136. The molecule has 148 valence electrons. The standard InChI is InChI=1S/C22H20BrN3O3/c1-3-24-21(27)15-8-7-14(2)19(11-15)26-22(28)16-9-10-20(25-13-16)29-18-6-4-5-17(23)12-18/h4-13H,3H2,1-2H3,(H,24,27)(H,26,28). The molecule has 0 aliphatic rings. The van der Waals surface area contributed by atoms with Gasteiger partial charge in [0.1, 0.15) is 5.75 Å². The lowest BCUT2D eigenvalue weighted by atomic mass is 10.1. The van der Waals surface area contributed by atoms with Crippen molar-refractivity contribution in [3.05, 3.63) is 82.0 Å². The Morgan fingerprint density at radius 2 is 1.83 bits per heavy atom. The zero-order valence-corrected chi connectivity index (χ0v) is 17.6. The summed E-state index contributed by atoms with van der Waals surface area (Å²) in [6, 6.07) is 15.9. The monoisotopic (exact) mass is 453 g/mol. The molecule has 2 N–H and O–H groups in total. The molecule has 1 aromatic heterocycles. The average molecular weight is 454 g/mol. The normalized spacial score (nSPS) is 10.3. The van der Waals surface area contributed by atoms with E-state index in [2.05, 4.69) is 31.5 Å². The molecule has 0 atom stereocenters. The number of carbonyl (C=O) groups excluding carboxylic acids is 2. The van der Waals surface area contributed by atoms with Crippen molar-refractivity contribution in [2.75, 3.05) is 11.9 Å². The Hall–Kier alpha value is -3.19. The van der Waals surface area contributed by atoms with Gasteiger partial charge in [0.25, 0.3) is 11.8 Å². The smallest absolute Gasteiger partial charge is 0.257 e. The number of nitrogens with one attached hydrogen (secondary N) is 2. The van der Waals surface area contributed by atoms with E-state index in [-0.39, 0.29) is 11.8 Å². The van der Waals surface area contributed by atoms with Crippen LogP contribution in [0.25, 0.3) is 0 Å².